The van der Waals surface area contributed by atoms with Crippen molar-refractivity contribution in [3.63, 3.8) is 0 Å². The number of hydrogen-bond acceptors (Lipinski definition) is 4. The molecule has 0 aromatic carbocycles. The number of methoxy groups -OCH3 is 1. The van der Waals surface area contributed by atoms with Crippen molar-refractivity contribution in [3.05, 3.63) is 24.0 Å². The molecule has 0 saturated heterocycles. The number of aromatic nitrogens is 1. The number of rotatable bonds is 3. The van der Waals surface area contributed by atoms with Crippen molar-refractivity contribution in [2.45, 2.75) is 26.8 Å². The first kappa shape index (κ1) is 12.6. The molecule has 1 aromatic rings. The number of pyridine rings is 1. The van der Waals surface area contributed by atoms with E-state index in [0.29, 0.717) is 11.3 Å². The van der Waals surface area contributed by atoms with E-state index in [4.69, 9.17) is 10.5 Å². The van der Waals surface area contributed by atoms with Gasteiger partial charge in [-0.2, -0.15) is 0 Å². The zero-order valence-corrected chi connectivity index (χ0v) is 10.2. The van der Waals surface area contributed by atoms with Crippen LogP contribution >= 0.6 is 0 Å². The molecule has 1 atom stereocenters. The largest absolute Gasteiger partial charge is 0.495 e. The summed E-state index contributed by atoms with van der Waals surface area (Å²) in [4.78, 5) is 16.0. The van der Waals surface area contributed by atoms with E-state index in [1.165, 1.54) is 13.3 Å². The minimum absolute atomic E-state index is 0.112. The van der Waals surface area contributed by atoms with Crippen molar-refractivity contribution in [1.82, 2.24) is 4.98 Å². The van der Waals surface area contributed by atoms with Crippen molar-refractivity contribution in [2.24, 2.45) is 11.1 Å². The van der Waals surface area contributed by atoms with Gasteiger partial charge >= 0.3 is 0 Å². The maximum absolute atomic E-state index is 12.0. The Bertz CT molecular complexity index is 383. The normalized spacial score (nSPS) is 13.3. The molecule has 88 valence electrons. The third kappa shape index (κ3) is 2.79. The Labute approximate surface area is 95.8 Å². The maximum atomic E-state index is 12.0. The molecule has 0 spiro atoms. The summed E-state index contributed by atoms with van der Waals surface area (Å²) in [5.41, 5.74) is 6.12. The fourth-order valence-electron chi connectivity index (χ4n) is 1.24. The number of nitrogens with zero attached hydrogens (tertiary/aromatic N) is 1. The first-order valence-electron chi connectivity index (χ1n) is 5.15. The molecule has 0 saturated carbocycles. The lowest BCUT2D eigenvalue weighted by atomic mass is 9.83. The molecule has 4 heteroatoms. The Morgan fingerprint density at radius 2 is 2.06 bits per heavy atom. The van der Waals surface area contributed by atoms with Gasteiger partial charge in [0.2, 0.25) is 0 Å². The lowest BCUT2D eigenvalue weighted by molar-refractivity contribution is 0.0900. The Balaban J connectivity index is 2.96. The Hall–Kier alpha value is -1.42. The fourth-order valence-corrected chi connectivity index (χ4v) is 1.24. The highest BCUT2D eigenvalue weighted by Gasteiger charge is 2.28. The van der Waals surface area contributed by atoms with E-state index in [-0.39, 0.29) is 11.2 Å². The van der Waals surface area contributed by atoms with E-state index >= 15 is 0 Å². The number of carbonyl (C=O) groups excluding carboxylic acids is 1. The molecular formula is C12H18N2O2. The van der Waals surface area contributed by atoms with Gasteiger partial charge in [0.25, 0.3) is 0 Å². The maximum Gasteiger partial charge on any atom is 0.181 e. The molecule has 0 aliphatic heterocycles. The van der Waals surface area contributed by atoms with Crippen molar-refractivity contribution in [1.29, 1.82) is 0 Å². The third-order valence-electron chi connectivity index (χ3n) is 2.45. The first-order chi connectivity index (χ1) is 7.36. The first-order valence-corrected chi connectivity index (χ1v) is 5.15. The van der Waals surface area contributed by atoms with Gasteiger partial charge in [0.05, 0.1) is 19.3 Å². The van der Waals surface area contributed by atoms with Gasteiger partial charge in [-0.15, -0.1) is 0 Å². The molecule has 0 bridgehead atoms. The van der Waals surface area contributed by atoms with Gasteiger partial charge in [-0.25, -0.2) is 0 Å². The molecule has 0 amide bonds. The Morgan fingerprint density at radius 3 is 2.56 bits per heavy atom. The molecule has 0 fully saturated rings. The van der Waals surface area contributed by atoms with Crippen molar-refractivity contribution >= 4 is 5.78 Å². The van der Waals surface area contributed by atoms with E-state index < -0.39 is 6.04 Å². The zero-order valence-electron chi connectivity index (χ0n) is 10.2. The van der Waals surface area contributed by atoms with Crippen LogP contribution in [-0.2, 0) is 0 Å². The van der Waals surface area contributed by atoms with Crippen molar-refractivity contribution < 1.29 is 9.53 Å². The van der Waals surface area contributed by atoms with Gasteiger partial charge < -0.3 is 10.5 Å². The summed E-state index contributed by atoms with van der Waals surface area (Å²) >= 11 is 0. The summed E-state index contributed by atoms with van der Waals surface area (Å²) < 4.78 is 5.01. The summed E-state index contributed by atoms with van der Waals surface area (Å²) in [5.74, 6) is 0.450. The van der Waals surface area contributed by atoms with E-state index in [1.54, 1.807) is 12.3 Å². The average Bonchev–Trinajstić information content (AvgIpc) is 2.26. The average molecular weight is 222 g/mol. The van der Waals surface area contributed by atoms with Gasteiger partial charge in [-0.3, -0.25) is 9.78 Å². The summed E-state index contributed by atoms with van der Waals surface area (Å²) in [6.07, 6.45) is 3.07. The molecule has 1 rings (SSSR count). The Morgan fingerprint density at radius 1 is 1.44 bits per heavy atom. The monoisotopic (exact) mass is 222 g/mol. The zero-order chi connectivity index (χ0) is 12.3. The van der Waals surface area contributed by atoms with Crippen molar-refractivity contribution in [3.8, 4) is 5.75 Å². The molecule has 1 heterocycles. The highest BCUT2D eigenvalue weighted by molar-refractivity contribution is 6.00. The molecule has 2 N–H and O–H groups in total. The van der Waals surface area contributed by atoms with E-state index in [0.717, 1.165) is 0 Å². The smallest absolute Gasteiger partial charge is 0.181 e. The highest BCUT2D eigenvalue weighted by atomic mass is 16.5. The second-order valence-electron chi connectivity index (χ2n) is 4.82. The fraction of sp³-hybridized carbons (Fsp3) is 0.500. The summed E-state index contributed by atoms with van der Waals surface area (Å²) in [5, 5.41) is 0. The lowest BCUT2D eigenvalue weighted by Crippen LogP contribution is -2.42. The van der Waals surface area contributed by atoms with Crippen LogP contribution < -0.4 is 10.5 Å². The van der Waals surface area contributed by atoms with Crippen LogP contribution in [0.3, 0.4) is 0 Å². The number of nitrogens with two attached hydrogens (primary N) is 1. The molecular weight excluding hydrogens is 204 g/mol. The molecule has 0 aliphatic carbocycles. The SMILES string of the molecule is COc1cncc(C(=O)C(N)C(C)(C)C)c1. The van der Waals surface area contributed by atoms with E-state index in [1.807, 2.05) is 20.8 Å². The highest BCUT2D eigenvalue weighted by Crippen LogP contribution is 2.21. The molecule has 4 nitrogen and oxygen atoms in total. The van der Waals surface area contributed by atoms with Crippen LogP contribution in [0.25, 0.3) is 0 Å². The van der Waals surface area contributed by atoms with Crippen LogP contribution in [0.15, 0.2) is 18.5 Å². The van der Waals surface area contributed by atoms with Gasteiger partial charge in [0.1, 0.15) is 5.75 Å². The third-order valence-corrected chi connectivity index (χ3v) is 2.45. The second kappa shape index (κ2) is 4.61. The quantitative estimate of drug-likeness (QED) is 0.790. The predicted octanol–water partition coefficient (Wildman–Crippen LogP) is 1.65. The predicted molar refractivity (Wildman–Crippen MR) is 62.5 cm³/mol. The summed E-state index contributed by atoms with van der Waals surface area (Å²) in [6.45, 7) is 5.80. The van der Waals surface area contributed by atoms with Gasteiger partial charge in [-0.05, 0) is 11.5 Å². The van der Waals surface area contributed by atoms with E-state index in [2.05, 4.69) is 4.98 Å². The van der Waals surface area contributed by atoms with Crippen LogP contribution in [0.2, 0.25) is 0 Å². The van der Waals surface area contributed by atoms with Gasteiger partial charge in [0, 0.05) is 11.8 Å². The van der Waals surface area contributed by atoms with Gasteiger partial charge in [0.15, 0.2) is 5.78 Å². The standard InChI is InChI=1S/C12H18N2O2/c1-12(2,3)11(13)10(15)8-5-9(16-4)7-14-6-8/h5-7,11H,13H2,1-4H3. The van der Waals surface area contributed by atoms with E-state index in [9.17, 15) is 4.79 Å². The van der Waals surface area contributed by atoms with Crippen LogP contribution in [-0.4, -0.2) is 23.9 Å². The minimum Gasteiger partial charge on any atom is -0.495 e. The van der Waals surface area contributed by atoms with Crippen LogP contribution in [0.5, 0.6) is 5.75 Å². The van der Waals surface area contributed by atoms with Crippen LogP contribution in [0, 0.1) is 5.41 Å². The van der Waals surface area contributed by atoms with Gasteiger partial charge in [-0.1, -0.05) is 20.8 Å². The summed E-state index contributed by atoms with van der Waals surface area (Å²) in [6, 6.07) is 1.11. The minimum atomic E-state index is -0.540. The number of Topliss-reactive ketones (excluding diaryl/α,β-unsaturated/α-hetero) is 1. The molecule has 1 unspecified atom stereocenters. The number of carbonyl (C=O) groups is 1. The molecule has 16 heavy (non-hydrogen) atoms. The lowest BCUT2D eigenvalue weighted by Gasteiger charge is -2.25. The topological polar surface area (TPSA) is 65.2 Å². The molecule has 0 radical (unpaired) electrons. The molecule has 0 aliphatic rings. The van der Waals surface area contributed by atoms with Crippen LogP contribution in [0.1, 0.15) is 31.1 Å². The molecule has 1 aromatic heterocycles. The second-order valence-corrected chi connectivity index (χ2v) is 4.82. The number of hydrogen-bond donors (Lipinski definition) is 1. The summed E-state index contributed by atoms with van der Waals surface area (Å²) in [7, 11) is 1.54. The number of ether oxygens (including phenoxy) is 1. The van der Waals surface area contributed by atoms with Crippen LogP contribution in [0.4, 0.5) is 0 Å². The Kier molecular flexibility index (Phi) is 3.65. The number of ketones is 1. The van der Waals surface area contributed by atoms with Crippen molar-refractivity contribution in [2.75, 3.05) is 7.11 Å².